The van der Waals surface area contributed by atoms with Gasteiger partial charge in [0.25, 0.3) is 0 Å². The van der Waals surface area contributed by atoms with E-state index in [4.69, 9.17) is 0 Å². The Kier molecular flexibility index (Phi) is 3.17. The predicted molar refractivity (Wildman–Crippen MR) is 79.4 cm³/mol. The molecule has 1 aliphatic rings. The van der Waals surface area contributed by atoms with Crippen molar-refractivity contribution in [3.63, 3.8) is 0 Å². The van der Waals surface area contributed by atoms with Gasteiger partial charge in [-0.1, -0.05) is 13.8 Å². The lowest BCUT2D eigenvalue weighted by Crippen LogP contribution is -2.48. The van der Waals surface area contributed by atoms with Crippen molar-refractivity contribution in [3.05, 3.63) is 35.7 Å². The van der Waals surface area contributed by atoms with Crippen molar-refractivity contribution < 1.29 is 14.7 Å². The molecule has 0 aliphatic carbocycles. The molecule has 1 aliphatic heterocycles. The minimum atomic E-state index is -1.07. The number of carbonyl (C=O) groups is 2. The van der Waals surface area contributed by atoms with E-state index in [1.807, 2.05) is 20.8 Å². The average Bonchev–Trinajstić information content (AvgIpc) is 3.02. The van der Waals surface area contributed by atoms with Gasteiger partial charge in [-0.3, -0.25) is 10.1 Å². The second kappa shape index (κ2) is 4.81. The SMILES string of the molecule is CC(C)C1(C)NC(c2nn3cccc3cc2C(=O)O)NC1=O. The summed E-state index contributed by atoms with van der Waals surface area (Å²) in [5.74, 6) is -1.17. The highest BCUT2D eigenvalue weighted by Crippen LogP contribution is 2.28. The summed E-state index contributed by atoms with van der Waals surface area (Å²) in [7, 11) is 0. The third-order valence-electron chi connectivity index (χ3n) is 4.39. The highest BCUT2D eigenvalue weighted by atomic mass is 16.4. The monoisotopic (exact) mass is 302 g/mol. The third kappa shape index (κ3) is 2.05. The van der Waals surface area contributed by atoms with Crippen LogP contribution in [0.1, 0.15) is 43.0 Å². The Morgan fingerprint density at radius 2 is 2.23 bits per heavy atom. The highest BCUT2D eigenvalue weighted by Gasteiger charge is 2.46. The zero-order valence-corrected chi connectivity index (χ0v) is 12.6. The van der Waals surface area contributed by atoms with E-state index in [0.717, 1.165) is 0 Å². The van der Waals surface area contributed by atoms with Crippen LogP contribution in [0.3, 0.4) is 0 Å². The van der Waals surface area contributed by atoms with Crippen LogP contribution < -0.4 is 10.6 Å². The number of hydrogen-bond donors (Lipinski definition) is 3. The van der Waals surface area contributed by atoms with Crippen molar-refractivity contribution in [2.24, 2.45) is 5.92 Å². The van der Waals surface area contributed by atoms with E-state index in [9.17, 15) is 14.7 Å². The van der Waals surface area contributed by atoms with Crippen LogP contribution in [0.15, 0.2) is 24.4 Å². The molecule has 2 atom stereocenters. The van der Waals surface area contributed by atoms with Crippen molar-refractivity contribution in [2.45, 2.75) is 32.5 Å². The standard InChI is InChI=1S/C15H18N4O3/c1-8(2)15(3)14(22)16-12(17-15)11-10(13(20)21)7-9-5-4-6-19(9)18-11/h4-8,12,17H,1-3H3,(H,16,22)(H,20,21). The highest BCUT2D eigenvalue weighted by molar-refractivity contribution is 5.92. The number of carboxylic acids is 1. The molecule has 7 nitrogen and oxygen atoms in total. The summed E-state index contributed by atoms with van der Waals surface area (Å²) in [5.41, 5.74) is 0.316. The second-order valence-corrected chi connectivity index (χ2v) is 6.03. The smallest absolute Gasteiger partial charge is 0.337 e. The second-order valence-electron chi connectivity index (χ2n) is 6.03. The number of carboxylic acid groups (broad SMARTS) is 1. The van der Waals surface area contributed by atoms with Gasteiger partial charge < -0.3 is 10.4 Å². The van der Waals surface area contributed by atoms with Gasteiger partial charge in [-0.05, 0) is 31.0 Å². The van der Waals surface area contributed by atoms with E-state index >= 15 is 0 Å². The maximum absolute atomic E-state index is 12.3. The first kappa shape index (κ1) is 14.5. The summed E-state index contributed by atoms with van der Waals surface area (Å²) in [6, 6.07) is 5.13. The number of aromatic nitrogens is 2. The third-order valence-corrected chi connectivity index (χ3v) is 4.39. The number of rotatable bonds is 3. The molecule has 0 bridgehead atoms. The van der Waals surface area contributed by atoms with Gasteiger partial charge in [-0.2, -0.15) is 5.10 Å². The summed E-state index contributed by atoms with van der Waals surface area (Å²) in [6.45, 7) is 5.69. The van der Waals surface area contributed by atoms with Crippen LogP contribution >= 0.6 is 0 Å². The Morgan fingerprint density at radius 1 is 1.50 bits per heavy atom. The molecule has 1 fully saturated rings. The van der Waals surface area contributed by atoms with Gasteiger partial charge in [0.15, 0.2) is 0 Å². The van der Waals surface area contributed by atoms with Crippen molar-refractivity contribution in [1.29, 1.82) is 0 Å². The summed E-state index contributed by atoms with van der Waals surface area (Å²) in [4.78, 5) is 23.8. The van der Waals surface area contributed by atoms with E-state index in [-0.39, 0.29) is 17.4 Å². The molecule has 1 saturated heterocycles. The van der Waals surface area contributed by atoms with Crippen molar-refractivity contribution >= 4 is 17.4 Å². The zero-order valence-electron chi connectivity index (χ0n) is 12.6. The molecule has 0 aromatic carbocycles. The van der Waals surface area contributed by atoms with Crippen LogP contribution in [-0.2, 0) is 4.79 Å². The summed E-state index contributed by atoms with van der Waals surface area (Å²) < 4.78 is 1.60. The van der Waals surface area contributed by atoms with Crippen LogP contribution in [0.4, 0.5) is 0 Å². The lowest BCUT2D eigenvalue weighted by molar-refractivity contribution is -0.125. The molecule has 22 heavy (non-hydrogen) atoms. The Labute approximate surface area is 127 Å². The first-order valence-corrected chi connectivity index (χ1v) is 7.13. The lowest BCUT2D eigenvalue weighted by Gasteiger charge is -2.26. The van der Waals surface area contributed by atoms with Gasteiger partial charge in [0.2, 0.25) is 5.91 Å². The molecule has 0 radical (unpaired) electrons. The first-order valence-electron chi connectivity index (χ1n) is 7.13. The van der Waals surface area contributed by atoms with Gasteiger partial charge in [-0.15, -0.1) is 0 Å². The number of carbonyl (C=O) groups excluding carboxylic acids is 1. The molecule has 1 amide bonds. The van der Waals surface area contributed by atoms with Gasteiger partial charge in [0.1, 0.15) is 11.9 Å². The molecule has 116 valence electrons. The van der Waals surface area contributed by atoms with Crippen molar-refractivity contribution in [3.8, 4) is 0 Å². The predicted octanol–water partition coefficient (Wildman–Crippen LogP) is 1.17. The molecule has 2 unspecified atom stereocenters. The maximum Gasteiger partial charge on any atom is 0.337 e. The van der Waals surface area contributed by atoms with Gasteiger partial charge in [0.05, 0.1) is 16.6 Å². The van der Waals surface area contributed by atoms with Crippen molar-refractivity contribution in [2.75, 3.05) is 0 Å². The minimum absolute atomic E-state index is 0.0566. The van der Waals surface area contributed by atoms with Crippen LogP contribution in [0.25, 0.3) is 5.52 Å². The fraction of sp³-hybridized carbons (Fsp3) is 0.400. The zero-order chi connectivity index (χ0) is 16.1. The molecule has 2 aromatic rings. The lowest BCUT2D eigenvalue weighted by atomic mass is 9.89. The minimum Gasteiger partial charge on any atom is -0.478 e. The fourth-order valence-corrected chi connectivity index (χ4v) is 2.62. The number of aromatic carboxylic acids is 1. The Balaban J connectivity index is 2.08. The van der Waals surface area contributed by atoms with Gasteiger partial charge in [-0.25, -0.2) is 9.31 Å². The quantitative estimate of drug-likeness (QED) is 0.791. The largest absolute Gasteiger partial charge is 0.478 e. The molecule has 3 N–H and O–H groups in total. The van der Waals surface area contributed by atoms with Gasteiger partial charge >= 0.3 is 5.97 Å². The average molecular weight is 302 g/mol. The van der Waals surface area contributed by atoms with E-state index in [0.29, 0.717) is 11.2 Å². The molecule has 3 rings (SSSR count). The molecular formula is C15H18N4O3. The molecule has 0 saturated carbocycles. The Morgan fingerprint density at radius 3 is 2.82 bits per heavy atom. The van der Waals surface area contributed by atoms with Crippen LogP contribution in [0, 0.1) is 5.92 Å². The number of nitrogens with zero attached hydrogens (tertiary/aromatic N) is 2. The molecule has 3 heterocycles. The van der Waals surface area contributed by atoms with Crippen LogP contribution in [0.2, 0.25) is 0 Å². The maximum atomic E-state index is 12.3. The van der Waals surface area contributed by atoms with E-state index in [1.165, 1.54) is 0 Å². The normalized spacial score (nSPS) is 24.9. The van der Waals surface area contributed by atoms with E-state index in [1.54, 1.807) is 28.9 Å². The Bertz CT molecular complexity index is 767. The van der Waals surface area contributed by atoms with E-state index < -0.39 is 17.7 Å². The summed E-state index contributed by atoms with van der Waals surface area (Å²) in [6.07, 6.45) is 1.11. The number of amides is 1. The first-order chi connectivity index (χ1) is 10.3. The fourth-order valence-electron chi connectivity index (χ4n) is 2.62. The van der Waals surface area contributed by atoms with Crippen LogP contribution in [0.5, 0.6) is 0 Å². The molecule has 7 heteroatoms. The van der Waals surface area contributed by atoms with Gasteiger partial charge in [0, 0.05) is 6.20 Å². The van der Waals surface area contributed by atoms with Crippen molar-refractivity contribution in [1.82, 2.24) is 20.2 Å². The molecule has 2 aromatic heterocycles. The number of hydrogen-bond acceptors (Lipinski definition) is 4. The number of fused-ring (bicyclic) bond motifs is 1. The van der Waals surface area contributed by atoms with Crippen LogP contribution in [-0.4, -0.2) is 32.1 Å². The van der Waals surface area contributed by atoms with E-state index in [2.05, 4.69) is 15.7 Å². The summed E-state index contributed by atoms with van der Waals surface area (Å²) >= 11 is 0. The summed E-state index contributed by atoms with van der Waals surface area (Å²) in [5, 5.41) is 19.8. The number of nitrogens with one attached hydrogen (secondary N) is 2. The Hall–Kier alpha value is -2.41. The molecule has 0 spiro atoms. The topological polar surface area (TPSA) is 95.7 Å². The molecular weight excluding hydrogens is 284 g/mol.